The first-order chi connectivity index (χ1) is 22.4. The third kappa shape index (κ3) is 8.34. The fourth-order valence-corrected chi connectivity index (χ4v) is 5.38. The van der Waals surface area contributed by atoms with E-state index < -0.39 is 17.8 Å². The van der Waals surface area contributed by atoms with Gasteiger partial charge in [-0.2, -0.15) is 13.2 Å². The van der Waals surface area contributed by atoms with E-state index in [-0.39, 0.29) is 35.6 Å². The Morgan fingerprint density at radius 3 is 2.57 bits per heavy atom. The van der Waals surface area contributed by atoms with Crippen molar-refractivity contribution >= 4 is 35.1 Å². The number of morpholine rings is 1. The first kappa shape index (κ1) is 33.6. The fourth-order valence-electron chi connectivity index (χ4n) is 5.38. The molecule has 252 valence electrons. The molecule has 0 atom stereocenters. The van der Waals surface area contributed by atoms with Crippen molar-refractivity contribution in [1.29, 1.82) is 0 Å². The summed E-state index contributed by atoms with van der Waals surface area (Å²) in [6.07, 6.45) is -0.889. The Balaban J connectivity index is 1.43. The summed E-state index contributed by atoms with van der Waals surface area (Å²) in [5.41, 5.74) is 0.818. The predicted octanol–water partition coefficient (Wildman–Crippen LogP) is 2.90. The van der Waals surface area contributed by atoms with Gasteiger partial charge in [0.2, 0.25) is 11.8 Å². The van der Waals surface area contributed by atoms with Gasteiger partial charge in [0.15, 0.2) is 11.6 Å². The maximum Gasteiger partial charge on any atom is 0.417 e. The van der Waals surface area contributed by atoms with Gasteiger partial charge in [0.1, 0.15) is 11.3 Å². The third-order valence-electron chi connectivity index (χ3n) is 7.54. The summed E-state index contributed by atoms with van der Waals surface area (Å²) in [5, 5.41) is 9.24. The number of carbonyl (C=O) groups excluding carboxylic acids is 3. The topological polar surface area (TPSA) is 147 Å². The minimum Gasteiger partial charge on any atom is -0.453 e. The molecule has 17 heteroatoms. The Hall–Kier alpha value is -4.77. The summed E-state index contributed by atoms with van der Waals surface area (Å²) in [7, 11) is 1.09. The van der Waals surface area contributed by atoms with E-state index in [2.05, 4.69) is 35.3 Å². The maximum atomic E-state index is 14.3. The van der Waals surface area contributed by atoms with Crippen LogP contribution in [-0.4, -0.2) is 107 Å². The molecule has 2 fully saturated rings. The van der Waals surface area contributed by atoms with Crippen LogP contribution in [0.2, 0.25) is 0 Å². The number of aromatic nitrogens is 4. The number of halogens is 3. The van der Waals surface area contributed by atoms with E-state index in [9.17, 15) is 27.6 Å². The number of ether oxygens (including phenoxy) is 2. The lowest BCUT2D eigenvalue weighted by atomic mass is 10.1. The van der Waals surface area contributed by atoms with Crippen LogP contribution in [0.3, 0.4) is 0 Å². The number of allylic oxidation sites excluding steroid dienone is 1. The molecule has 2 N–H and O–H groups in total. The van der Waals surface area contributed by atoms with Crippen molar-refractivity contribution < 1.29 is 37.0 Å². The summed E-state index contributed by atoms with van der Waals surface area (Å²) in [5.74, 6) is -0.613. The highest BCUT2D eigenvalue weighted by Gasteiger charge is 2.36. The number of anilines is 2. The first-order valence-corrected chi connectivity index (χ1v) is 15.0. The van der Waals surface area contributed by atoms with Crippen LogP contribution >= 0.6 is 0 Å². The quantitative estimate of drug-likeness (QED) is 0.346. The van der Waals surface area contributed by atoms with Crippen LogP contribution < -0.4 is 15.5 Å². The van der Waals surface area contributed by atoms with Gasteiger partial charge < -0.3 is 24.6 Å². The molecule has 0 aliphatic carbocycles. The lowest BCUT2D eigenvalue weighted by molar-refractivity contribution is -0.137. The zero-order chi connectivity index (χ0) is 33.7. The molecule has 5 heterocycles. The van der Waals surface area contributed by atoms with E-state index in [4.69, 9.17) is 4.74 Å². The second-order valence-electron chi connectivity index (χ2n) is 11.4. The number of alkyl halides is 3. The van der Waals surface area contributed by atoms with Gasteiger partial charge in [-0.25, -0.2) is 19.3 Å². The number of carbonyl (C=O) groups is 3. The molecule has 0 radical (unpaired) electrons. The molecule has 0 unspecified atom stereocenters. The van der Waals surface area contributed by atoms with Crippen molar-refractivity contribution in [2.45, 2.75) is 33.0 Å². The number of hydrogen-bond acceptors (Lipinski definition) is 10. The Morgan fingerprint density at radius 1 is 1.11 bits per heavy atom. The molecule has 0 spiro atoms. The molecule has 3 aromatic heterocycles. The monoisotopic (exact) mass is 659 g/mol. The van der Waals surface area contributed by atoms with Crippen molar-refractivity contribution in [2.75, 3.05) is 69.9 Å². The van der Waals surface area contributed by atoms with Gasteiger partial charge in [-0.05, 0) is 38.0 Å². The summed E-state index contributed by atoms with van der Waals surface area (Å²) in [6.45, 7) is 7.37. The standard InChI is InChI=1S/C30H36F3N9O5/c1-19(2)11-25(43)35-15-26(44)41-6-4-5-39(18-41)16-20-12-23-28(40-7-9-47-10-8-40)37-27(38-42(23)17-20)21-14-34-24(36-29(45)46-3)13-22(21)30(31,32)33/h11-14,17H,4-10,15-16,18H2,1-3H3,(H,35,43)(H,34,36,45). The SMILES string of the molecule is COC(=O)Nc1cc(C(F)(F)F)c(-c2nc(N3CCOCC3)c3cc(CN4CCCN(C(=O)CNC(=O)C=C(C)C)C4)cn3n2)cn1. The highest BCUT2D eigenvalue weighted by atomic mass is 19.4. The Kier molecular flexibility index (Phi) is 10.2. The van der Waals surface area contributed by atoms with Gasteiger partial charge in [-0.3, -0.25) is 19.8 Å². The normalized spacial score (nSPS) is 15.8. The summed E-state index contributed by atoms with van der Waals surface area (Å²) < 4.78 is 54.3. The number of amides is 3. The van der Waals surface area contributed by atoms with Crippen LogP contribution in [0.1, 0.15) is 31.4 Å². The van der Waals surface area contributed by atoms with Crippen molar-refractivity contribution in [3.63, 3.8) is 0 Å². The van der Waals surface area contributed by atoms with E-state index in [0.717, 1.165) is 37.4 Å². The molecule has 0 aromatic carbocycles. The van der Waals surface area contributed by atoms with Gasteiger partial charge in [-0.1, -0.05) is 5.57 Å². The van der Waals surface area contributed by atoms with Crippen molar-refractivity contribution in [1.82, 2.24) is 34.7 Å². The van der Waals surface area contributed by atoms with Crippen LogP contribution in [-0.2, 0) is 31.8 Å². The molecule has 2 aliphatic heterocycles. The van der Waals surface area contributed by atoms with Crippen LogP contribution in [0.4, 0.5) is 29.6 Å². The van der Waals surface area contributed by atoms with Gasteiger partial charge in [0.05, 0.1) is 44.7 Å². The molecule has 14 nitrogen and oxygen atoms in total. The van der Waals surface area contributed by atoms with Crippen LogP contribution in [0.25, 0.3) is 16.9 Å². The van der Waals surface area contributed by atoms with Crippen molar-refractivity contribution in [3.05, 3.63) is 47.3 Å². The third-order valence-corrected chi connectivity index (χ3v) is 7.54. The molecule has 0 bridgehead atoms. The smallest absolute Gasteiger partial charge is 0.417 e. The first-order valence-electron chi connectivity index (χ1n) is 15.0. The minimum atomic E-state index is -4.81. The molecule has 0 saturated carbocycles. The highest BCUT2D eigenvalue weighted by Crippen LogP contribution is 2.38. The molecule has 47 heavy (non-hydrogen) atoms. The second kappa shape index (κ2) is 14.3. The van der Waals surface area contributed by atoms with E-state index in [1.807, 2.05) is 11.0 Å². The molecule has 5 rings (SSSR count). The van der Waals surface area contributed by atoms with Crippen LogP contribution in [0, 0.1) is 0 Å². The number of hydrogen-bond donors (Lipinski definition) is 2. The number of nitrogens with zero attached hydrogens (tertiary/aromatic N) is 7. The van der Waals surface area contributed by atoms with E-state index in [1.165, 1.54) is 10.6 Å². The summed E-state index contributed by atoms with van der Waals surface area (Å²) >= 11 is 0. The van der Waals surface area contributed by atoms with Crippen molar-refractivity contribution in [3.8, 4) is 11.4 Å². The zero-order valence-corrected chi connectivity index (χ0v) is 26.3. The fraction of sp³-hybridized carbons (Fsp3) is 0.467. The number of pyridine rings is 1. The zero-order valence-electron chi connectivity index (χ0n) is 26.3. The predicted molar refractivity (Wildman–Crippen MR) is 164 cm³/mol. The molecular formula is C30H36F3N9O5. The Morgan fingerprint density at radius 2 is 1.87 bits per heavy atom. The van der Waals surface area contributed by atoms with Crippen LogP contribution in [0.5, 0.6) is 0 Å². The lowest BCUT2D eigenvalue weighted by Gasteiger charge is -2.35. The maximum absolute atomic E-state index is 14.3. The average Bonchev–Trinajstić information content (AvgIpc) is 3.45. The largest absolute Gasteiger partial charge is 0.453 e. The van der Waals surface area contributed by atoms with Gasteiger partial charge in [0.25, 0.3) is 0 Å². The van der Waals surface area contributed by atoms with E-state index in [0.29, 0.717) is 63.5 Å². The molecule has 2 aliphatic rings. The van der Waals surface area contributed by atoms with Crippen molar-refractivity contribution in [2.24, 2.45) is 0 Å². The lowest BCUT2D eigenvalue weighted by Crippen LogP contribution is -2.49. The highest BCUT2D eigenvalue weighted by molar-refractivity contribution is 5.91. The summed E-state index contributed by atoms with van der Waals surface area (Å²) in [6, 6.07) is 2.60. The number of nitrogens with one attached hydrogen (secondary N) is 2. The number of rotatable bonds is 8. The Bertz CT molecular complexity index is 1670. The minimum absolute atomic E-state index is 0.109. The number of fused-ring (bicyclic) bond motifs is 1. The molecular weight excluding hydrogens is 623 g/mol. The van der Waals surface area contributed by atoms with Crippen LogP contribution in [0.15, 0.2) is 36.2 Å². The van der Waals surface area contributed by atoms with Gasteiger partial charge >= 0.3 is 12.3 Å². The Labute approximate surface area is 268 Å². The number of methoxy groups -OCH3 is 1. The van der Waals surface area contributed by atoms with Gasteiger partial charge in [-0.15, -0.1) is 5.10 Å². The van der Waals surface area contributed by atoms with E-state index in [1.54, 1.807) is 24.9 Å². The molecule has 2 saturated heterocycles. The average molecular weight is 660 g/mol. The summed E-state index contributed by atoms with van der Waals surface area (Å²) in [4.78, 5) is 50.7. The van der Waals surface area contributed by atoms with Gasteiger partial charge in [0, 0.05) is 51.2 Å². The molecule has 3 aromatic rings. The second-order valence-corrected chi connectivity index (χ2v) is 11.4. The molecule has 3 amide bonds. The van der Waals surface area contributed by atoms with E-state index >= 15 is 0 Å².